The zero-order valence-electron chi connectivity index (χ0n) is 12.8. The predicted octanol–water partition coefficient (Wildman–Crippen LogP) is 3.36. The maximum Gasteiger partial charge on any atom is 0.264 e. The third-order valence-electron chi connectivity index (χ3n) is 4.82. The normalized spacial score (nSPS) is 25.4. The number of hydrogen-bond donors (Lipinski definition) is 1. The molecule has 21 heavy (non-hydrogen) atoms. The van der Waals surface area contributed by atoms with E-state index >= 15 is 0 Å². The molecule has 0 bridgehead atoms. The Bertz CT molecular complexity index is 474. The van der Waals surface area contributed by atoms with Crippen molar-refractivity contribution in [1.82, 2.24) is 10.2 Å². The molecular weight excluding hydrogens is 304 g/mol. The fraction of sp³-hybridized carbons (Fsp3) is 0.688. The number of thiophene rings is 1. The lowest BCUT2D eigenvalue weighted by molar-refractivity contribution is 0.0762. The van der Waals surface area contributed by atoms with E-state index in [0.29, 0.717) is 5.92 Å². The van der Waals surface area contributed by atoms with Gasteiger partial charge in [-0.25, -0.2) is 0 Å². The van der Waals surface area contributed by atoms with Gasteiger partial charge in [0.05, 0.1) is 4.88 Å². The lowest BCUT2D eigenvalue weighted by Gasteiger charge is -2.21. The van der Waals surface area contributed by atoms with Crippen LogP contribution < -0.4 is 5.32 Å². The molecule has 2 saturated heterocycles. The SMILES string of the molecule is CC(C)c1ccsc1C(=O)N1CC[C@@H]2CNC[C@@H]2CC1.Cl. The quantitative estimate of drug-likeness (QED) is 0.902. The number of halogens is 1. The topological polar surface area (TPSA) is 32.3 Å². The Balaban J connectivity index is 0.00000161. The van der Waals surface area contributed by atoms with Gasteiger partial charge >= 0.3 is 0 Å². The second kappa shape index (κ2) is 7.12. The van der Waals surface area contributed by atoms with Gasteiger partial charge in [-0.3, -0.25) is 4.79 Å². The number of nitrogens with one attached hydrogen (secondary N) is 1. The number of carbonyl (C=O) groups excluding carboxylic acids is 1. The van der Waals surface area contributed by atoms with Crippen molar-refractivity contribution in [2.45, 2.75) is 32.6 Å². The summed E-state index contributed by atoms with van der Waals surface area (Å²) in [6, 6.07) is 2.11. The molecule has 0 radical (unpaired) electrons. The van der Waals surface area contributed by atoms with Crippen molar-refractivity contribution >= 4 is 29.7 Å². The van der Waals surface area contributed by atoms with Gasteiger partial charge in [0.15, 0.2) is 0 Å². The molecule has 2 atom stereocenters. The molecule has 0 saturated carbocycles. The smallest absolute Gasteiger partial charge is 0.264 e. The summed E-state index contributed by atoms with van der Waals surface area (Å²) in [4.78, 5) is 15.8. The van der Waals surface area contributed by atoms with Gasteiger partial charge in [-0.1, -0.05) is 13.8 Å². The maximum atomic E-state index is 12.8. The van der Waals surface area contributed by atoms with Crippen LogP contribution in [-0.2, 0) is 0 Å². The third-order valence-corrected chi connectivity index (χ3v) is 5.74. The summed E-state index contributed by atoms with van der Waals surface area (Å²) >= 11 is 1.60. The first kappa shape index (κ1) is 16.8. The number of likely N-dealkylation sites (tertiary alicyclic amines) is 1. The molecule has 1 N–H and O–H groups in total. The van der Waals surface area contributed by atoms with Crippen molar-refractivity contribution in [2.75, 3.05) is 26.2 Å². The summed E-state index contributed by atoms with van der Waals surface area (Å²) in [5, 5.41) is 5.54. The molecule has 5 heteroatoms. The molecule has 0 spiro atoms. The molecule has 118 valence electrons. The Morgan fingerprint density at radius 3 is 2.48 bits per heavy atom. The number of rotatable bonds is 2. The molecule has 3 nitrogen and oxygen atoms in total. The lowest BCUT2D eigenvalue weighted by atomic mass is 9.92. The van der Waals surface area contributed by atoms with Crippen LogP contribution in [-0.4, -0.2) is 37.0 Å². The lowest BCUT2D eigenvalue weighted by Crippen LogP contribution is -2.32. The molecular formula is C16H25ClN2OS. The number of carbonyl (C=O) groups is 1. The standard InChI is InChI=1S/C16H24N2OS.ClH/c1-11(2)14-5-8-20-15(14)16(19)18-6-3-12-9-17-10-13(12)4-7-18;/h5,8,11-13,17H,3-4,6-7,9-10H2,1-2H3;1H/t12-,13+;. The maximum absolute atomic E-state index is 12.8. The second-order valence-electron chi connectivity index (χ2n) is 6.41. The molecule has 0 unspecified atom stereocenters. The summed E-state index contributed by atoms with van der Waals surface area (Å²) < 4.78 is 0. The van der Waals surface area contributed by atoms with E-state index < -0.39 is 0 Å². The Labute approximate surface area is 137 Å². The van der Waals surface area contributed by atoms with Crippen molar-refractivity contribution in [1.29, 1.82) is 0 Å². The van der Waals surface area contributed by atoms with Crippen molar-refractivity contribution in [2.24, 2.45) is 11.8 Å². The van der Waals surface area contributed by atoms with Crippen LogP contribution in [0.4, 0.5) is 0 Å². The fourth-order valence-corrected chi connectivity index (χ4v) is 4.53. The molecule has 1 aromatic rings. The van der Waals surface area contributed by atoms with Gasteiger partial charge in [-0.2, -0.15) is 0 Å². The zero-order chi connectivity index (χ0) is 14.1. The number of fused-ring (bicyclic) bond motifs is 1. The van der Waals surface area contributed by atoms with Gasteiger partial charge in [-0.05, 0) is 60.7 Å². The average molecular weight is 329 g/mol. The molecule has 1 amide bonds. The van der Waals surface area contributed by atoms with Crippen LogP contribution in [0.5, 0.6) is 0 Å². The van der Waals surface area contributed by atoms with Gasteiger partial charge in [0, 0.05) is 13.1 Å². The number of amides is 1. The fourth-order valence-electron chi connectivity index (χ4n) is 3.51. The van der Waals surface area contributed by atoms with Gasteiger partial charge in [0.2, 0.25) is 0 Å². The van der Waals surface area contributed by atoms with Crippen LogP contribution in [0.15, 0.2) is 11.4 Å². The van der Waals surface area contributed by atoms with E-state index in [-0.39, 0.29) is 18.3 Å². The van der Waals surface area contributed by atoms with Crippen LogP contribution in [0.2, 0.25) is 0 Å². The highest BCUT2D eigenvalue weighted by Gasteiger charge is 2.32. The van der Waals surface area contributed by atoms with Crippen LogP contribution in [0.1, 0.15) is 47.8 Å². The molecule has 1 aromatic heterocycles. The molecule has 3 rings (SSSR count). The van der Waals surface area contributed by atoms with Crippen LogP contribution in [0.3, 0.4) is 0 Å². The van der Waals surface area contributed by atoms with E-state index in [1.165, 1.54) is 5.56 Å². The van der Waals surface area contributed by atoms with E-state index in [2.05, 4.69) is 35.5 Å². The van der Waals surface area contributed by atoms with E-state index in [1.54, 1.807) is 11.3 Å². The van der Waals surface area contributed by atoms with E-state index in [9.17, 15) is 4.79 Å². The van der Waals surface area contributed by atoms with Crippen molar-refractivity contribution < 1.29 is 4.79 Å². The van der Waals surface area contributed by atoms with Gasteiger partial charge < -0.3 is 10.2 Å². The Morgan fingerprint density at radius 2 is 1.90 bits per heavy atom. The summed E-state index contributed by atoms with van der Waals surface area (Å²) in [6.07, 6.45) is 2.32. The van der Waals surface area contributed by atoms with Crippen molar-refractivity contribution in [3.8, 4) is 0 Å². The monoisotopic (exact) mass is 328 g/mol. The van der Waals surface area contributed by atoms with Gasteiger partial charge in [0.25, 0.3) is 5.91 Å². The summed E-state index contributed by atoms with van der Waals surface area (Å²) in [5.41, 5.74) is 1.21. The molecule has 2 fully saturated rings. The Hall–Kier alpha value is -0.580. The van der Waals surface area contributed by atoms with Crippen molar-refractivity contribution in [3.63, 3.8) is 0 Å². The first-order valence-corrected chi connectivity index (χ1v) is 8.62. The molecule has 2 aliphatic rings. The number of nitrogens with zero attached hydrogens (tertiary/aromatic N) is 1. The first-order chi connectivity index (χ1) is 9.66. The Morgan fingerprint density at radius 1 is 1.29 bits per heavy atom. The molecule has 3 heterocycles. The van der Waals surface area contributed by atoms with Crippen LogP contribution >= 0.6 is 23.7 Å². The van der Waals surface area contributed by atoms with E-state index in [0.717, 1.165) is 55.7 Å². The molecule has 0 aliphatic carbocycles. The zero-order valence-corrected chi connectivity index (χ0v) is 14.4. The first-order valence-electron chi connectivity index (χ1n) is 7.74. The molecule has 0 aromatic carbocycles. The second-order valence-corrected chi connectivity index (χ2v) is 7.32. The highest BCUT2D eigenvalue weighted by atomic mass is 35.5. The van der Waals surface area contributed by atoms with E-state index in [1.807, 2.05) is 0 Å². The highest BCUT2D eigenvalue weighted by molar-refractivity contribution is 7.12. The predicted molar refractivity (Wildman–Crippen MR) is 90.6 cm³/mol. The molecule has 2 aliphatic heterocycles. The van der Waals surface area contributed by atoms with Crippen LogP contribution in [0, 0.1) is 11.8 Å². The van der Waals surface area contributed by atoms with E-state index in [4.69, 9.17) is 0 Å². The highest BCUT2D eigenvalue weighted by Crippen LogP contribution is 2.30. The third kappa shape index (κ3) is 3.43. The minimum absolute atomic E-state index is 0. The average Bonchev–Trinajstić information content (AvgIpc) is 3.04. The van der Waals surface area contributed by atoms with Gasteiger partial charge in [-0.15, -0.1) is 23.7 Å². The largest absolute Gasteiger partial charge is 0.338 e. The summed E-state index contributed by atoms with van der Waals surface area (Å²) in [5.74, 6) is 2.24. The summed E-state index contributed by atoms with van der Waals surface area (Å²) in [6.45, 7) is 8.47. The number of hydrogen-bond acceptors (Lipinski definition) is 3. The minimum Gasteiger partial charge on any atom is -0.338 e. The van der Waals surface area contributed by atoms with Crippen molar-refractivity contribution in [3.05, 3.63) is 21.9 Å². The van der Waals surface area contributed by atoms with Crippen LogP contribution in [0.25, 0.3) is 0 Å². The van der Waals surface area contributed by atoms with Gasteiger partial charge in [0.1, 0.15) is 0 Å². The minimum atomic E-state index is 0. The Kier molecular flexibility index (Phi) is 5.69. The summed E-state index contributed by atoms with van der Waals surface area (Å²) in [7, 11) is 0.